The highest BCUT2D eigenvalue weighted by Gasteiger charge is 2.04. The molecule has 0 fully saturated rings. The molecule has 2 aromatic heterocycles. The van der Waals surface area contributed by atoms with E-state index in [2.05, 4.69) is 10.1 Å². The third-order valence-corrected chi connectivity index (χ3v) is 1.99. The van der Waals surface area contributed by atoms with E-state index in [0.717, 1.165) is 5.69 Å². The van der Waals surface area contributed by atoms with Gasteiger partial charge in [0.25, 0.3) is 0 Å². The first-order chi connectivity index (χ1) is 7.16. The molecule has 0 saturated heterocycles. The summed E-state index contributed by atoms with van der Waals surface area (Å²) >= 11 is 0. The Morgan fingerprint density at radius 1 is 1.47 bits per heavy atom. The topological polar surface area (TPSA) is 73.8 Å². The first-order valence-corrected chi connectivity index (χ1v) is 4.45. The molecule has 0 aliphatic heterocycles. The van der Waals surface area contributed by atoms with Crippen LogP contribution in [0.2, 0.25) is 0 Å². The molecule has 76 valence electrons. The van der Waals surface area contributed by atoms with Crippen molar-refractivity contribution < 1.29 is 4.79 Å². The molecule has 0 aromatic carbocycles. The van der Waals surface area contributed by atoms with Gasteiger partial charge in [0, 0.05) is 18.0 Å². The summed E-state index contributed by atoms with van der Waals surface area (Å²) in [5.74, 6) is 0.113. The third kappa shape index (κ3) is 1.85. The van der Waals surface area contributed by atoms with Gasteiger partial charge in [0.15, 0.2) is 5.82 Å². The van der Waals surface area contributed by atoms with Gasteiger partial charge in [-0.15, -0.1) is 0 Å². The zero-order valence-electron chi connectivity index (χ0n) is 8.21. The molecule has 0 aliphatic rings. The molecule has 0 bridgehead atoms. The van der Waals surface area contributed by atoms with Crippen molar-refractivity contribution in [2.45, 2.75) is 6.92 Å². The lowest BCUT2D eigenvalue weighted by Crippen LogP contribution is -2.12. The van der Waals surface area contributed by atoms with Crippen molar-refractivity contribution in [3.63, 3.8) is 0 Å². The van der Waals surface area contributed by atoms with E-state index in [1.165, 1.54) is 6.20 Å². The van der Waals surface area contributed by atoms with Gasteiger partial charge >= 0.3 is 0 Å². The highest BCUT2D eigenvalue weighted by Crippen LogP contribution is 2.06. The van der Waals surface area contributed by atoms with Gasteiger partial charge < -0.3 is 5.73 Å². The lowest BCUT2D eigenvalue weighted by Gasteiger charge is -2.01. The molecule has 2 rings (SSSR count). The van der Waals surface area contributed by atoms with Gasteiger partial charge in [0.2, 0.25) is 5.91 Å². The molecule has 15 heavy (non-hydrogen) atoms. The molecule has 1 amide bonds. The number of amides is 1. The van der Waals surface area contributed by atoms with E-state index in [1.807, 2.05) is 13.0 Å². The van der Waals surface area contributed by atoms with E-state index in [9.17, 15) is 4.79 Å². The van der Waals surface area contributed by atoms with Crippen LogP contribution in [0.5, 0.6) is 0 Å². The first kappa shape index (κ1) is 9.39. The zero-order valence-corrected chi connectivity index (χ0v) is 8.21. The molecule has 2 aromatic rings. The van der Waals surface area contributed by atoms with Crippen LogP contribution < -0.4 is 5.73 Å². The van der Waals surface area contributed by atoms with Crippen LogP contribution in [0.3, 0.4) is 0 Å². The van der Waals surface area contributed by atoms with Gasteiger partial charge in [-0.25, -0.2) is 9.67 Å². The summed E-state index contributed by atoms with van der Waals surface area (Å²) in [7, 11) is 0. The Morgan fingerprint density at radius 2 is 2.27 bits per heavy atom. The molecule has 2 heterocycles. The molecule has 0 aliphatic carbocycles. The molecule has 0 unspecified atom stereocenters. The zero-order chi connectivity index (χ0) is 10.8. The van der Waals surface area contributed by atoms with Crippen molar-refractivity contribution in [1.29, 1.82) is 0 Å². The summed E-state index contributed by atoms with van der Waals surface area (Å²) < 4.78 is 1.60. The number of rotatable bonds is 2. The van der Waals surface area contributed by atoms with Crippen LogP contribution in [0.1, 0.15) is 16.1 Å². The van der Waals surface area contributed by atoms with Crippen LogP contribution in [-0.2, 0) is 0 Å². The Kier molecular flexibility index (Phi) is 2.21. The van der Waals surface area contributed by atoms with Crippen molar-refractivity contribution in [1.82, 2.24) is 14.8 Å². The third-order valence-electron chi connectivity index (χ3n) is 1.99. The molecular formula is C10H10N4O. The molecule has 0 radical (unpaired) electrons. The molecule has 0 spiro atoms. The van der Waals surface area contributed by atoms with Crippen LogP contribution in [0.15, 0.2) is 30.6 Å². The lowest BCUT2D eigenvalue weighted by molar-refractivity contribution is 0.1000. The number of nitrogens with two attached hydrogens (primary N) is 1. The van der Waals surface area contributed by atoms with E-state index in [1.54, 1.807) is 23.0 Å². The Bertz CT molecular complexity index is 504. The van der Waals surface area contributed by atoms with Gasteiger partial charge in [-0.3, -0.25) is 4.79 Å². The van der Waals surface area contributed by atoms with E-state index < -0.39 is 5.91 Å². The number of carbonyl (C=O) groups is 1. The average molecular weight is 202 g/mol. The molecule has 0 atom stereocenters. The van der Waals surface area contributed by atoms with E-state index in [-0.39, 0.29) is 0 Å². The van der Waals surface area contributed by atoms with Crippen molar-refractivity contribution in [2.24, 2.45) is 5.73 Å². The van der Waals surface area contributed by atoms with Crippen molar-refractivity contribution in [3.8, 4) is 5.82 Å². The average Bonchev–Trinajstić information content (AvgIpc) is 2.65. The van der Waals surface area contributed by atoms with Crippen molar-refractivity contribution in [2.75, 3.05) is 0 Å². The quantitative estimate of drug-likeness (QED) is 0.778. The highest BCUT2D eigenvalue weighted by molar-refractivity contribution is 5.93. The van der Waals surface area contributed by atoms with E-state index >= 15 is 0 Å². The number of aryl methyl sites for hydroxylation is 1. The van der Waals surface area contributed by atoms with Gasteiger partial charge in [0.1, 0.15) is 0 Å². The maximum absolute atomic E-state index is 11.0. The molecule has 5 nitrogen and oxygen atoms in total. The number of hydrogen-bond acceptors (Lipinski definition) is 3. The van der Waals surface area contributed by atoms with Crippen LogP contribution in [0.4, 0.5) is 0 Å². The monoisotopic (exact) mass is 202 g/mol. The van der Waals surface area contributed by atoms with Gasteiger partial charge in [-0.2, -0.15) is 5.10 Å². The molecule has 2 N–H and O–H groups in total. The second-order valence-corrected chi connectivity index (χ2v) is 3.17. The summed E-state index contributed by atoms with van der Waals surface area (Å²) in [6.45, 7) is 1.88. The normalized spacial score (nSPS) is 10.2. The second kappa shape index (κ2) is 3.53. The van der Waals surface area contributed by atoms with Gasteiger partial charge in [0.05, 0.1) is 5.69 Å². The van der Waals surface area contributed by atoms with Crippen LogP contribution >= 0.6 is 0 Å². The van der Waals surface area contributed by atoms with Crippen molar-refractivity contribution >= 4 is 5.91 Å². The number of primary amides is 1. The number of nitrogens with zero attached hydrogens (tertiary/aromatic N) is 3. The minimum atomic E-state index is -0.470. The summed E-state index contributed by atoms with van der Waals surface area (Å²) in [5, 5.41) is 4.18. The highest BCUT2D eigenvalue weighted by atomic mass is 16.1. The van der Waals surface area contributed by atoms with Gasteiger partial charge in [-0.1, -0.05) is 0 Å². The molecule has 5 heteroatoms. The summed E-state index contributed by atoms with van der Waals surface area (Å²) in [6, 6.07) is 5.04. The Hall–Kier alpha value is -2.17. The number of aromatic nitrogens is 3. The van der Waals surface area contributed by atoms with Crippen LogP contribution in [-0.4, -0.2) is 20.7 Å². The number of hydrogen-bond donors (Lipinski definition) is 1. The van der Waals surface area contributed by atoms with Crippen LogP contribution in [0.25, 0.3) is 5.82 Å². The molecular weight excluding hydrogens is 192 g/mol. The Labute approximate surface area is 86.5 Å². The smallest absolute Gasteiger partial charge is 0.248 e. The molecule has 0 saturated carbocycles. The fourth-order valence-corrected chi connectivity index (χ4v) is 1.24. The number of pyridine rings is 1. The number of carbonyl (C=O) groups excluding carboxylic acids is 1. The van der Waals surface area contributed by atoms with E-state index in [4.69, 9.17) is 5.73 Å². The standard InChI is InChI=1S/C10H10N4O/c1-7-3-5-14(13-7)9-6-8(10(11)15)2-4-12-9/h2-6H,1H3,(H2,11,15). The predicted molar refractivity (Wildman–Crippen MR) is 54.6 cm³/mol. The fourth-order valence-electron chi connectivity index (χ4n) is 1.24. The second-order valence-electron chi connectivity index (χ2n) is 3.17. The fraction of sp³-hybridized carbons (Fsp3) is 0.100. The first-order valence-electron chi connectivity index (χ1n) is 4.45. The summed E-state index contributed by atoms with van der Waals surface area (Å²) in [5.41, 5.74) is 6.48. The summed E-state index contributed by atoms with van der Waals surface area (Å²) in [6.07, 6.45) is 3.31. The van der Waals surface area contributed by atoms with E-state index in [0.29, 0.717) is 11.4 Å². The van der Waals surface area contributed by atoms with Gasteiger partial charge in [-0.05, 0) is 25.1 Å². The lowest BCUT2D eigenvalue weighted by atomic mass is 10.2. The Morgan fingerprint density at radius 3 is 2.87 bits per heavy atom. The van der Waals surface area contributed by atoms with Crippen LogP contribution in [0, 0.1) is 6.92 Å². The predicted octanol–water partition coefficient (Wildman–Crippen LogP) is 0.675. The minimum absolute atomic E-state index is 0.424. The maximum Gasteiger partial charge on any atom is 0.248 e. The maximum atomic E-state index is 11.0. The Balaban J connectivity index is 2.45. The minimum Gasteiger partial charge on any atom is -0.366 e. The largest absolute Gasteiger partial charge is 0.366 e. The SMILES string of the molecule is Cc1ccn(-c2cc(C(N)=O)ccn2)n1. The van der Waals surface area contributed by atoms with Crippen molar-refractivity contribution in [3.05, 3.63) is 41.9 Å². The summed E-state index contributed by atoms with van der Waals surface area (Å²) in [4.78, 5) is 15.1.